The van der Waals surface area contributed by atoms with Gasteiger partial charge in [-0.1, -0.05) is 68.4 Å². The fourth-order valence-electron chi connectivity index (χ4n) is 5.59. The summed E-state index contributed by atoms with van der Waals surface area (Å²) in [5.41, 5.74) is 4.86. The first kappa shape index (κ1) is 31.0. The van der Waals surface area contributed by atoms with E-state index in [1.807, 2.05) is 67.6 Å². The predicted octanol–water partition coefficient (Wildman–Crippen LogP) is 8.89. The van der Waals surface area contributed by atoms with E-state index in [2.05, 4.69) is 54.0 Å². The lowest BCUT2D eigenvalue weighted by Crippen LogP contribution is -2.21. The van der Waals surface area contributed by atoms with Gasteiger partial charge in [0.05, 0.1) is 31.3 Å². The molecule has 0 aliphatic heterocycles. The van der Waals surface area contributed by atoms with Crippen molar-refractivity contribution in [3.63, 3.8) is 0 Å². The van der Waals surface area contributed by atoms with Crippen molar-refractivity contribution in [3.05, 3.63) is 128 Å². The Bertz CT molecular complexity index is 2170. The Morgan fingerprint density at radius 2 is 1.59 bits per heavy atom. The van der Waals surface area contributed by atoms with Crippen LogP contribution in [0.5, 0.6) is 17.2 Å². The molecule has 0 aliphatic carbocycles. The summed E-state index contributed by atoms with van der Waals surface area (Å²) in [6.45, 7) is 6.57. The van der Waals surface area contributed by atoms with Gasteiger partial charge < -0.3 is 14.2 Å². The highest BCUT2D eigenvalue weighted by Gasteiger charge is 2.19. The summed E-state index contributed by atoms with van der Waals surface area (Å²) in [5.74, 6) is 2.57. The molecule has 6 rings (SSSR count). The van der Waals surface area contributed by atoms with Gasteiger partial charge >= 0.3 is 0 Å². The van der Waals surface area contributed by atoms with Crippen LogP contribution >= 0.6 is 15.9 Å². The smallest absolute Gasteiger partial charge is 0.282 e. The third-order valence-corrected chi connectivity index (χ3v) is 8.74. The summed E-state index contributed by atoms with van der Waals surface area (Å²) in [5, 5.41) is 7.49. The molecular formula is C38H34BrN3O4. The minimum absolute atomic E-state index is 0.197. The largest absolute Gasteiger partial charge is 0.496 e. The van der Waals surface area contributed by atoms with E-state index in [1.165, 1.54) is 4.68 Å². The van der Waals surface area contributed by atoms with Gasteiger partial charge in [-0.15, -0.1) is 0 Å². The van der Waals surface area contributed by atoms with E-state index < -0.39 is 0 Å². The van der Waals surface area contributed by atoms with E-state index in [4.69, 9.17) is 24.3 Å². The first-order valence-electron chi connectivity index (χ1n) is 15.0. The van der Waals surface area contributed by atoms with Gasteiger partial charge in [0.1, 0.15) is 12.4 Å². The van der Waals surface area contributed by atoms with Gasteiger partial charge in [-0.25, -0.2) is 4.98 Å². The lowest BCUT2D eigenvalue weighted by Gasteiger charge is -2.17. The Labute approximate surface area is 276 Å². The molecule has 0 radical (unpaired) electrons. The molecule has 0 saturated carbocycles. The Balaban J connectivity index is 1.40. The molecule has 0 atom stereocenters. The molecule has 1 heterocycles. The summed E-state index contributed by atoms with van der Waals surface area (Å²) in [4.78, 5) is 18.8. The minimum atomic E-state index is -0.267. The van der Waals surface area contributed by atoms with Crippen molar-refractivity contribution < 1.29 is 14.2 Å². The number of hydrogen-bond donors (Lipinski definition) is 0. The molecule has 0 amide bonds. The number of aryl methyl sites for hydroxylation is 1. The zero-order valence-corrected chi connectivity index (χ0v) is 28.0. The maximum Gasteiger partial charge on any atom is 0.282 e. The lowest BCUT2D eigenvalue weighted by molar-refractivity contribution is 0.285. The van der Waals surface area contributed by atoms with Gasteiger partial charge in [-0.3, -0.25) is 4.79 Å². The van der Waals surface area contributed by atoms with Gasteiger partial charge in [0.25, 0.3) is 5.56 Å². The predicted molar refractivity (Wildman–Crippen MR) is 189 cm³/mol. The van der Waals surface area contributed by atoms with Crippen LogP contribution in [0.4, 0.5) is 0 Å². The number of hydrogen-bond acceptors (Lipinski definition) is 6. The van der Waals surface area contributed by atoms with Crippen LogP contribution in [0, 0.1) is 6.92 Å². The fourth-order valence-corrected chi connectivity index (χ4v) is 6.01. The summed E-state index contributed by atoms with van der Waals surface area (Å²) in [7, 11) is 3.27. The summed E-state index contributed by atoms with van der Waals surface area (Å²) in [6, 6.07) is 29.4. The number of rotatable bonds is 9. The first-order chi connectivity index (χ1) is 22.3. The monoisotopic (exact) mass is 675 g/mol. The van der Waals surface area contributed by atoms with Crippen molar-refractivity contribution in [1.82, 2.24) is 9.66 Å². The van der Waals surface area contributed by atoms with Crippen LogP contribution in [0.25, 0.3) is 33.1 Å². The maximum absolute atomic E-state index is 13.9. The van der Waals surface area contributed by atoms with E-state index in [0.29, 0.717) is 40.4 Å². The number of para-hydroxylation sites is 1. The van der Waals surface area contributed by atoms with E-state index in [1.54, 1.807) is 26.5 Å². The minimum Gasteiger partial charge on any atom is -0.496 e. The number of ether oxygens (including phenoxy) is 3. The SMILES string of the molecule is COc1cc(C=Nn2c(-c3cc(C(C)C)c(OC)cc3C)nc3ccccc3c2=O)c(Br)cc1OCc1cccc2ccccc12. The Morgan fingerprint density at radius 3 is 2.35 bits per heavy atom. The first-order valence-corrected chi connectivity index (χ1v) is 15.8. The molecule has 0 bridgehead atoms. The second-order valence-corrected chi connectivity index (χ2v) is 12.2. The van der Waals surface area contributed by atoms with Crippen LogP contribution in [0.2, 0.25) is 0 Å². The van der Waals surface area contributed by atoms with E-state index in [9.17, 15) is 4.79 Å². The standard InChI is InChI=1S/C38H34BrN3O4/c1-23(2)30-19-31(24(3)17-34(30)44-4)37-41-33-16-9-8-15-29(33)38(43)42(37)40-21-27-18-35(45-5)36(20-32(27)39)46-22-26-13-10-12-25-11-6-7-14-28(25)26/h6-21,23H,22H2,1-5H3. The van der Waals surface area contributed by atoms with Gasteiger partial charge in [0.15, 0.2) is 17.3 Å². The quantitative estimate of drug-likeness (QED) is 0.143. The van der Waals surface area contributed by atoms with E-state index in [0.717, 1.165) is 43.2 Å². The zero-order chi connectivity index (χ0) is 32.4. The summed E-state index contributed by atoms with van der Waals surface area (Å²) < 4.78 is 19.7. The number of aromatic nitrogens is 2. The molecule has 0 spiro atoms. The zero-order valence-electron chi connectivity index (χ0n) is 26.4. The van der Waals surface area contributed by atoms with Crippen LogP contribution in [0.1, 0.15) is 42.0 Å². The highest BCUT2D eigenvalue weighted by molar-refractivity contribution is 9.10. The highest BCUT2D eigenvalue weighted by atomic mass is 79.9. The lowest BCUT2D eigenvalue weighted by atomic mass is 9.96. The topological polar surface area (TPSA) is 74.9 Å². The molecule has 1 aromatic heterocycles. The number of nitrogens with zero attached hydrogens (tertiary/aromatic N) is 3. The van der Waals surface area contributed by atoms with Gasteiger partial charge in [0.2, 0.25) is 0 Å². The van der Waals surface area contributed by atoms with Crippen LogP contribution in [0.15, 0.2) is 105 Å². The molecule has 7 nitrogen and oxygen atoms in total. The molecular weight excluding hydrogens is 642 g/mol. The summed E-state index contributed by atoms with van der Waals surface area (Å²) >= 11 is 3.68. The molecule has 46 heavy (non-hydrogen) atoms. The second kappa shape index (κ2) is 13.2. The van der Waals surface area contributed by atoms with Crippen LogP contribution in [0.3, 0.4) is 0 Å². The number of fused-ring (bicyclic) bond motifs is 2. The number of methoxy groups -OCH3 is 2. The molecule has 8 heteroatoms. The molecule has 6 aromatic rings. The van der Waals surface area contributed by atoms with Crippen molar-refractivity contribution in [2.75, 3.05) is 14.2 Å². The van der Waals surface area contributed by atoms with Crippen molar-refractivity contribution in [2.45, 2.75) is 33.3 Å². The molecule has 0 aliphatic rings. The molecule has 0 saturated heterocycles. The third-order valence-electron chi connectivity index (χ3n) is 8.05. The van der Waals surface area contributed by atoms with Crippen LogP contribution in [-0.2, 0) is 6.61 Å². The average molecular weight is 677 g/mol. The number of benzene rings is 5. The normalized spacial score (nSPS) is 11.5. The van der Waals surface area contributed by atoms with Crippen LogP contribution < -0.4 is 19.8 Å². The van der Waals surface area contributed by atoms with Crippen LogP contribution in [-0.4, -0.2) is 30.1 Å². The van der Waals surface area contributed by atoms with Gasteiger partial charge in [-0.05, 0) is 92.6 Å². The Hall–Kier alpha value is -4.95. The highest BCUT2D eigenvalue weighted by Crippen LogP contribution is 2.36. The Kier molecular flexibility index (Phi) is 8.90. The van der Waals surface area contributed by atoms with Crippen molar-refractivity contribution in [2.24, 2.45) is 5.10 Å². The van der Waals surface area contributed by atoms with Gasteiger partial charge in [0, 0.05) is 15.6 Å². The van der Waals surface area contributed by atoms with E-state index >= 15 is 0 Å². The Morgan fingerprint density at radius 1 is 0.870 bits per heavy atom. The summed E-state index contributed by atoms with van der Waals surface area (Å²) in [6.07, 6.45) is 1.63. The van der Waals surface area contributed by atoms with Crippen molar-refractivity contribution in [1.29, 1.82) is 0 Å². The fraction of sp³-hybridized carbons (Fsp3) is 0.184. The van der Waals surface area contributed by atoms with Crippen molar-refractivity contribution in [3.8, 4) is 28.6 Å². The second-order valence-electron chi connectivity index (χ2n) is 11.3. The molecule has 0 fully saturated rings. The molecule has 232 valence electrons. The van der Waals surface area contributed by atoms with E-state index in [-0.39, 0.29) is 11.5 Å². The number of halogens is 1. The maximum atomic E-state index is 13.9. The average Bonchev–Trinajstić information content (AvgIpc) is 3.07. The molecule has 5 aromatic carbocycles. The molecule has 0 N–H and O–H groups in total. The third kappa shape index (κ3) is 6.00. The van der Waals surface area contributed by atoms with Crippen molar-refractivity contribution >= 4 is 43.8 Å². The molecule has 0 unspecified atom stereocenters. The van der Waals surface area contributed by atoms with Gasteiger partial charge in [-0.2, -0.15) is 9.78 Å².